The molecule has 1 N–H and O–H groups in total. The Hall–Kier alpha value is -1.06. The number of rotatable bonds is 5. The number of nitrogens with zero attached hydrogens (tertiary/aromatic N) is 1. The minimum Gasteiger partial charge on any atom is -0.480 e. The van der Waals surface area contributed by atoms with Gasteiger partial charge >= 0.3 is 5.97 Å². The van der Waals surface area contributed by atoms with Crippen molar-refractivity contribution in [3.05, 3.63) is 0 Å². The van der Waals surface area contributed by atoms with Gasteiger partial charge in [-0.05, 0) is 44.4 Å². The van der Waals surface area contributed by atoms with Crippen LogP contribution < -0.4 is 0 Å². The predicted molar refractivity (Wildman–Crippen MR) is 77.3 cm³/mol. The van der Waals surface area contributed by atoms with E-state index in [9.17, 15) is 14.7 Å². The van der Waals surface area contributed by atoms with Crippen molar-refractivity contribution in [1.82, 2.24) is 4.90 Å². The first-order chi connectivity index (χ1) is 9.63. The molecule has 1 saturated heterocycles. The second kappa shape index (κ2) is 7.09. The van der Waals surface area contributed by atoms with Crippen molar-refractivity contribution in [3.63, 3.8) is 0 Å². The van der Waals surface area contributed by atoms with Gasteiger partial charge in [-0.3, -0.25) is 4.79 Å². The Morgan fingerprint density at radius 1 is 1.15 bits per heavy atom. The highest BCUT2D eigenvalue weighted by Crippen LogP contribution is 2.34. The van der Waals surface area contributed by atoms with Crippen molar-refractivity contribution in [1.29, 1.82) is 0 Å². The molecule has 1 amide bonds. The van der Waals surface area contributed by atoms with Crippen LogP contribution in [0.2, 0.25) is 0 Å². The Bertz CT molecular complexity index is 348. The quantitative estimate of drug-likeness (QED) is 0.842. The van der Waals surface area contributed by atoms with E-state index in [2.05, 4.69) is 6.92 Å². The van der Waals surface area contributed by atoms with Crippen LogP contribution in [-0.2, 0) is 9.59 Å². The van der Waals surface area contributed by atoms with Gasteiger partial charge in [0.2, 0.25) is 5.91 Å². The minimum atomic E-state index is -0.840. The number of hydrogen-bond acceptors (Lipinski definition) is 2. The van der Waals surface area contributed by atoms with Crippen LogP contribution in [0.5, 0.6) is 0 Å². The molecule has 4 nitrogen and oxygen atoms in total. The largest absolute Gasteiger partial charge is 0.480 e. The highest BCUT2D eigenvalue weighted by Gasteiger charge is 2.38. The lowest BCUT2D eigenvalue weighted by atomic mass is 9.79. The normalized spacial score (nSPS) is 30.4. The minimum absolute atomic E-state index is 0.0767. The Balaban J connectivity index is 1.84. The third-order valence-electron chi connectivity index (χ3n) is 4.98. The van der Waals surface area contributed by atoms with Crippen LogP contribution in [0.25, 0.3) is 0 Å². The Morgan fingerprint density at radius 3 is 2.45 bits per heavy atom. The molecule has 2 aliphatic rings. The summed E-state index contributed by atoms with van der Waals surface area (Å²) < 4.78 is 0. The lowest BCUT2D eigenvalue weighted by molar-refractivity contribution is -0.150. The van der Waals surface area contributed by atoms with E-state index in [1.807, 2.05) is 0 Å². The fourth-order valence-corrected chi connectivity index (χ4v) is 3.71. The van der Waals surface area contributed by atoms with E-state index in [1.54, 1.807) is 4.90 Å². The van der Waals surface area contributed by atoms with Gasteiger partial charge < -0.3 is 10.0 Å². The number of amides is 1. The van der Waals surface area contributed by atoms with Crippen molar-refractivity contribution in [3.8, 4) is 0 Å². The van der Waals surface area contributed by atoms with Gasteiger partial charge in [-0.2, -0.15) is 0 Å². The molecule has 1 heterocycles. The molecule has 0 unspecified atom stereocenters. The zero-order chi connectivity index (χ0) is 14.5. The summed E-state index contributed by atoms with van der Waals surface area (Å²) in [6.07, 6.45) is 9.46. The standard InChI is InChI=1S/C16H27NO3/c1-2-3-5-12-7-9-13(10-8-12)15(18)17-11-4-6-14(17)16(19)20/h12-14H,2-11H2,1H3,(H,19,20)/t12?,13?,14-/m0/s1. The van der Waals surface area contributed by atoms with Crippen molar-refractivity contribution < 1.29 is 14.7 Å². The molecule has 1 atom stereocenters. The number of carboxylic acid groups (broad SMARTS) is 1. The summed E-state index contributed by atoms with van der Waals surface area (Å²) in [4.78, 5) is 25.3. The van der Waals surface area contributed by atoms with Crippen LogP contribution in [-0.4, -0.2) is 34.5 Å². The average Bonchev–Trinajstić information content (AvgIpc) is 2.94. The zero-order valence-corrected chi connectivity index (χ0v) is 12.5. The Kier molecular flexibility index (Phi) is 5.44. The predicted octanol–water partition coefficient (Wildman–Crippen LogP) is 3.06. The van der Waals surface area contributed by atoms with Crippen LogP contribution in [0, 0.1) is 11.8 Å². The summed E-state index contributed by atoms with van der Waals surface area (Å²) in [6.45, 7) is 2.85. The van der Waals surface area contributed by atoms with Crippen molar-refractivity contribution in [2.45, 2.75) is 70.8 Å². The molecular weight excluding hydrogens is 254 g/mol. The molecule has 0 aromatic rings. The van der Waals surface area contributed by atoms with E-state index >= 15 is 0 Å². The van der Waals surface area contributed by atoms with Gasteiger partial charge in [0.15, 0.2) is 0 Å². The van der Waals surface area contributed by atoms with Crippen molar-refractivity contribution in [2.75, 3.05) is 6.54 Å². The molecule has 20 heavy (non-hydrogen) atoms. The van der Waals surface area contributed by atoms with E-state index < -0.39 is 12.0 Å². The van der Waals surface area contributed by atoms with E-state index in [0.29, 0.717) is 13.0 Å². The summed E-state index contributed by atoms with van der Waals surface area (Å²) in [6, 6.07) is -0.569. The number of hydrogen-bond donors (Lipinski definition) is 1. The van der Waals surface area contributed by atoms with Crippen molar-refractivity contribution in [2.24, 2.45) is 11.8 Å². The number of carboxylic acids is 1. The summed E-state index contributed by atoms with van der Waals surface area (Å²) >= 11 is 0. The highest BCUT2D eigenvalue weighted by atomic mass is 16.4. The van der Waals surface area contributed by atoms with Crippen LogP contribution in [0.1, 0.15) is 64.7 Å². The van der Waals surface area contributed by atoms with Gasteiger partial charge in [0.1, 0.15) is 6.04 Å². The number of carbonyl (C=O) groups is 2. The third kappa shape index (κ3) is 3.53. The van der Waals surface area contributed by atoms with Gasteiger partial charge in [0.25, 0.3) is 0 Å². The van der Waals surface area contributed by atoms with Gasteiger partial charge in [0.05, 0.1) is 0 Å². The number of unbranched alkanes of at least 4 members (excludes halogenated alkanes) is 1. The molecule has 0 aromatic heterocycles. The van der Waals surface area contributed by atoms with Crippen LogP contribution in [0.3, 0.4) is 0 Å². The fraction of sp³-hybridized carbons (Fsp3) is 0.875. The summed E-state index contributed by atoms with van der Waals surface area (Å²) in [5, 5.41) is 9.18. The lowest BCUT2D eigenvalue weighted by Gasteiger charge is -2.32. The van der Waals surface area contributed by atoms with Crippen LogP contribution >= 0.6 is 0 Å². The molecule has 1 aliphatic carbocycles. The monoisotopic (exact) mass is 281 g/mol. The molecule has 0 spiro atoms. The number of aliphatic carboxylic acids is 1. The molecule has 0 bridgehead atoms. The maximum absolute atomic E-state index is 12.5. The molecule has 2 rings (SSSR count). The number of carbonyl (C=O) groups excluding carboxylic acids is 1. The smallest absolute Gasteiger partial charge is 0.326 e. The molecule has 114 valence electrons. The molecule has 4 heteroatoms. The molecule has 1 aliphatic heterocycles. The van der Waals surface area contributed by atoms with Gasteiger partial charge in [-0.1, -0.05) is 26.2 Å². The molecule has 2 fully saturated rings. The van der Waals surface area contributed by atoms with E-state index in [0.717, 1.165) is 38.0 Å². The first kappa shape index (κ1) is 15.3. The molecule has 1 saturated carbocycles. The number of likely N-dealkylation sites (tertiary alicyclic amines) is 1. The maximum atomic E-state index is 12.5. The van der Waals surface area contributed by atoms with Gasteiger partial charge in [-0.25, -0.2) is 4.79 Å². The topological polar surface area (TPSA) is 57.6 Å². The van der Waals surface area contributed by atoms with Gasteiger partial charge in [-0.15, -0.1) is 0 Å². The van der Waals surface area contributed by atoms with Crippen LogP contribution in [0.15, 0.2) is 0 Å². The van der Waals surface area contributed by atoms with Gasteiger partial charge in [0, 0.05) is 12.5 Å². The first-order valence-corrected chi connectivity index (χ1v) is 8.16. The lowest BCUT2D eigenvalue weighted by Crippen LogP contribution is -2.44. The molecular formula is C16H27NO3. The summed E-state index contributed by atoms with van der Waals surface area (Å²) in [7, 11) is 0. The maximum Gasteiger partial charge on any atom is 0.326 e. The fourth-order valence-electron chi connectivity index (χ4n) is 3.71. The van der Waals surface area contributed by atoms with E-state index in [1.165, 1.54) is 19.3 Å². The van der Waals surface area contributed by atoms with Crippen LogP contribution in [0.4, 0.5) is 0 Å². The van der Waals surface area contributed by atoms with E-state index in [-0.39, 0.29) is 11.8 Å². The molecule has 0 radical (unpaired) electrons. The Morgan fingerprint density at radius 2 is 1.85 bits per heavy atom. The van der Waals surface area contributed by atoms with E-state index in [4.69, 9.17) is 0 Å². The summed E-state index contributed by atoms with van der Waals surface area (Å²) in [5.74, 6) is 0.122. The third-order valence-corrected chi connectivity index (χ3v) is 4.98. The second-order valence-corrected chi connectivity index (χ2v) is 6.39. The highest BCUT2D eigenvalue weighted by molar-refractivity contribution is 5.85. The first-order valence-electron chi connectivity index (χ1n) is 8.16. The Labute approximate surface area is 121 Å². The SMILES string of the molecule is CCCCC1CCC(C(=O)N2CCC[C@H]2C(=O)O)CC1. The summed E-state index contributed by atoms with van der Waals surface area (Å²) in [5.41, 5.74) is 0. The zero-order valence-electron chi connectivity index (χ0n) is 12.5. The van der Waals surface area contributed by atoms with Crippen molar-refractivity contribution >= 4 is 11.9 Å². The average molecular weight is 281 g/mol. The molecule has 0 aromatic carbocycles. The second-order valence-electron chi connectivity index (χ2n) is 6.39.